The molecule has 2 amide bonds. The summed E-state index contributed by atoms with van der Waals surface area (Å²) < 4.78 is 5.74. The molecule has 2 aliphatic heterocycles. The first-order valence-corrected chi connectivity index (χ1v) is 9.52. The monoisotopic (exact) mass is 394 g/mol. The standard InChI is InChI=1S/C20H22N6O3/c1-26-8-7-21-18-17-15(20(28)25-19(17)24-12-23-18)11-22-13-4-2-5-14(10-13)29-9-3-6-16(26)27/h2,4-5,10-12,15H,3,6-9H2,1H3,(H2,21,23,24,25,28). The molecule has 0 saturated carbocycles. The van der Waals surface area contributed by atoms with Gasteiger partial charge < -0.3 is 20.3 Å². The summed E-state index contributed by atoms with van der Waals surface area (Å²) >= 11 is 0. The summed E-state index contributed by atoms with van der Waals surface area (Å²) in [5, 5.41) is 5.99. The highest BCUT2D eigenvalue weighted by Crippen LogP contribution is 2.34. The van der Waals surface area contributed by atoms with E-state index in [0.29, 0.717) is 61.2 Å². The van der Waals surface area contributed by atoms with Crippen molar-refractivity contribution in [2.45, 2.75) is 18.8 Å². The Balaban J connectivity index is 1.67. The van der Waals surface area contributed by atoms with Crippen LogP contribution in [0.2, 0.25) is 0 Å². The third-order valence-corrected chi connectivity index (χ3v) is 4.88. The first kappa shape index (κ1) is 18.9. The second kappa shape index (κ2) is 8.26. The van der Waals surface area contributed by atoms with Gasteiger partial charge in [0, 0.05) is 38.8 Å². The second-order valence-electron chi connectivity index (χ2n) is 6.92. The van der Waals surface area contributed by atoms with Crippen LogP contribution in [-0.4, -0.2) is 59.6 Å². The third kappa shape index (κ3) is 4.18. The first-order chi connectivity index (χ1) is 14.1. The van der Waals surface area contributed by atoms with E-state index in [0.717, 1.165) is 0 Å². The fourth-order valence-corrected chi connectivity index (χ4v) is 3.28. The molecular weight excluding hydrogens is 372 g/mol. The van der Waals surface area contributed by atoms with Gasteiger partial charge in [-0.25, -0.2) is 9.97 Å². The number of aromatic nitrogens is 2. The molecule has 2 aromatic rings. The van der Waals surface area contributed by atoms with E-state index in [9.17, 15) is 9.59 Å². The molecule has 0 saturated heterocycles. The molecule has 9 heteroatoms. The van der Waals surface area contributed by atoms with Gasteiger partial charge in [0.1, 0.15) is 29.6 Å². The number of nitrogens with zero attached hydrogens (tertiary/aromatic N) is 4. The molecule has 3 heterocycles. The minimum atomic E-state index is -0.603. The lowest BCUT2D eigenvalue weighted by Crippen LogP contribution is -2.31. The number of hydrogen-bond donors (Lipinski definition) is 2. The van der Waals surface area contributed by atoms with Gasteiger partial charge in [0.15, 0.2) is 0 Å². The summed E-state index contributed by atoms with van der Waals surface area (Å²) in [4.78, 5) is 39.4. The van der Waals surface area contributed by atoms with Crippen molar-refractivity contribution in [1.29, 1.82) is 0 Å². The number of rotatable bonds is 0. The molecule has 9 nitrogen and oxygen atoms in total. The lowest BCUT2D eigenvalue weighted by atomic mass is 10.0. The van der Waals surface area contributed by atoms with Crippen LogP contribution in [-0.2, 0) is 9.59 Å². The van der Waals surface area contributed by atoms with Crippen LogP contribution in [0.4, 0.5) is 17.3 Å². The molecule has 1 unspecified atom stereocenters. The SMILES string of the molecule is CN1CCNc2ncnc3c2C(C=Nc2cccc(c2)OCCCC1=O)C(=O)N3. The van der Waals surface area contributed by atoms with Crippen molar-refractivity contribution in [3.63, 3.8) is 0 Å². The lowest BCUT2D eigenvalue weighted by Gasteiger charge is -2.18. The fourth-order valence-electron chi connectivity index (χ4n) is 3.28. The van der Waals surface area contributed by atoms with Crippen molar-refractivity contribution in [3.8, 4) is 5.75 Å². The minimum Gasteiger partial charge on any atom is -0.494 e. The summed E-state index contributed by atoms with van der Waals surface area (Å²) in [5.74, 6) is 0.958. The summed E-state index contributed by atoms with van der Waals surface area (Å²) in [5.41, 5.74) is 1.34. The van der Waals surface area contributed by atoms with Crippen molar-refractivity contribution >= 4 is 35.4 Å². The molecule has 2 bridgehead atoms. The molecule has 0 aliphatic carbocycles. The minimum absolute atomic E-state index is 0.0550. The topological polar surface area (TPSA) is 109 Å². The molecule has 0 spiro atoms. The van der Waals surface area contributed by atoms with Gasteiger partial charge in [-0.2, -0.15) is 0 Å². The van der Waals surface area contributed by atoms with E-state index in [1.807, 2.05) is 18.2 Å². The predicted molar refractivity (Wildman–Crippen MR) is 109 cm³/mol. The number of anilines is 2. The van der Waals surface area contributed by atoms with Gasteiger partial charge in [0.2, 0.25) is 11.8 Å². The van der Waals surface area contributed by atoms with Crippen molar-refractivity contribution in [1.82, 2.24) is 14.9 Å². The zero-order chi connectivity index (χ0) is 20.2. The Morgan fingerprint density at radius 2 is 2.07 bits per heavy atom. The van der Waals surface area contributed by atoms with Crippen LogP contribution in [0.1, 0.15) is 24.3 Å². The Kier molecular flexibility index (Phi) is 5.37. The maximum atomic E-state index is 12.5. The highest BCUT2D eigenvalue weighted by Gasteiger charge is 2.33. The zero-order valence-corrected chi connectivity index (χ0v) is 16.1. The molecule has 1 aromatic heterocycles. The summed E-state index contributed by atoms with van der Waals surface area (Å²) in [6, 6.07) is 7.32. The number of carbonyl (C=O) groups excluding carboxylic acids is 2. The highest BCUT2D eigenvalue weighted by atomic mass is 16.5. The lowest BCUT2D eigenvalue weighted by molar-refractivity contribution is -0.130. The Bertz CT molecular complexity index is 961. The van der Waals surface area contributed by atoms with E-state index in [4.69, 9.17) is 4.74 Å². The average Bonchev–Trinajstić information content (AvgIpc) is 3.05. The number of aliphatic imine (C=N–C) groups is 1. The van der Waals surface area contributed by atoms with Gasteiger partial charge in [-0.05, 0) is 18.6 Å². The van der Waals surface area contributed by atoms with Crippen LogP contribution in [0.25, 0.3) is 0 Å². The van der Waals surface area contributed by atoms with Gasteiger partial charge in [-0.15, -0.1) is 0 Å². The van der Waals surface area contributed by atoms with Gasteiger partial charge in [0.25, 0.3) is 0 Å². The summed E-state index contributed by atoms with van der Waals surface area (Å²) in [6.45, 7) is 1.46. The Labute approximate surface area is 168 Å². The molecule has 29 heavy (non-hydrogen) atoms. The maximum absolute atomic E-state index is 12.5. The van der Waals surface area contributed by atoms with Gasteiger partial charge in [-0.3, -0.25) is 14.6 Å². The fraction of sp³-hybridized carbons (Fsp3) is 0.350. The van der Waals surface area contributed by atoms with E-state index >= 15 is 0 Å². The third-order valence-electron chi connectivity index (χ3n) is 4.88. The smallest absolute Gasteiger partial charge is 0.238 e. The van der Waals surface area contributed by atoms with Gasteiger partial charge >= 0.3 is 0 Å². The van der Waals surface area contributed by atoms with Gasteiger partial charge in [0.05, 0.1) is 17.9 Å². The molecule has 2 aliphatic rings. The van der Waals surface area contributed by atoms with Crippen molar-refractivity contribution in [3.05, 3.63) is 36.2 Å². The number of nitrogens with one attached hydrogen (secondary N) is 2. The van der Waals surface area contributed by atoms with Crippen LogP contribution in [0.15, 0.2) is 35.6 Å². The Hall–Kier alpha value is -3.49. The molecule has 0 fully saturated rings. The number of amides is 2. The number of fused-ring (bicyclic) bond motifs is 2. The summed E-state index contributed by atoms with van der Waals surface area (Å²) in [7, 11) is 1.77. The van der Waals surface area contributed by atoms with E-state index in [-0.39, 0.29) is 11.8 Å². The highest BCUT2D eigenvalue weighted by molar-refractivity contribution is 6.13. The van der Waals surface area contributed by atoms with Crippen LogP contribution in [0.3, 0.4) is 0 Å². The molecule has 4 rings (SSSR count). The van der Waals surface area contributed by atoms with Crippen molar-refractivity contribution in [2.75, 3.05) is 37.4 Å². The Morgan fingerprint density at radius 1 is 1.21 bits per heavy atom. The normalized spacial score (nSPS) is 19.6. The molecule has 150 valence electrons. The van der Waals surface area contributed by atoms with Crippen LogP contribution < -0.4 is 15.4 Å². The molecule has 2 N–H and O–H groups in total. The quantitative estimate of drug-likeness (QED) is 0.707. The molecule has 0 radical (unpaired) electrons. The molecular formula is C20H22N6O3. The van der Waals surface area contributed by atoms with E-state index < -0.39 is 5.92 Å². The number of carbonyl (C=O) groups is 2. The van der Waals surface area contributed by atoms with Gasteiger partial charge in [-0.1, -0.05) is 6.07 Å². The first-order valence-electron chi connectivity index (χ1n) is 9.52. The summed E-state index contributed by atoms with van der Waals surface area (Å²) in [6.07, 6.45) is 4.05. The number of hydrogen-bond acceptors (Lipinski definition) is 7. The second-order valence-corrected chi connectivity index (χ2v) is 6.92. The van der Waals surface area contributed by atoms with E-state index in [1.165, 1.54) is 6.33 Å². The largest absolute Gasteiger partial charge is 0.494 e. The van der Waals surface area contributed by atoms with E-state index in [1.54, 1.807) is 24.2 Å². The number of likely N-dealkylation sites (N-methyl/N-ethyl adjacent to an activating group) is 1. The maximum Gasteiger partial charge on any atom is 0.238 e. The predicted octanol–water partition coefficient (Wildman–Crippen LogP) is 1.96. The van der Waals surface area contributed by atoms with Crippen LogP contribution in [0, 0.1) is 0 Å². The average molecular weight is 394 g/mol. The van der Waals surface area contributed by atoms with Crippen molar-refractivity contribution < 1.29 is 14.3 Å². The number of ether oxygens (including phenoxy) is 1. The Morgan fingerprint density at radius 3 is 2.97 bits per heavy atom. The van der Waals surface area contributed by atoms with Crippen LogP contribution in [0.5, 0.6) is 5.75 Å². The van der Waals surface area contributed by atoms with Crippen molar-refractivity contribution in [2.24, 2.45) is 4.99 Å². The molecule has 1 atom stereocenters. The number of benzene rings is 1. The zero-order valence-electron chi connectivity index (χ0n) is 16.1. The van der Waals surface area contributed by atoms with Crippen LogP contribution >= 0.6 is 0 Å². The van der Waals surface area contributed by atoms with E-state index in [2.05, 4.69) is 25.6 Å². The molecule has 1 aromatic carbocycles.